The van der Waals surface area contributed by atoms with Crippen LogP contribution in [-0.2, 0) is 12.8 Å². The van der Waals surface area contributed by atoms with Gasteiger partial charge in [-0.15, -0.1) is 0 Å². The van der Waals surface area contributed by atoms with Crippen molar-refractivity contribution in [2.24, 2.45) is 0 Å². The molecule has 104 valence electrons. The first-order valence-electron chi connectivity index (χ1n) is 6.90. The van der Waals surface area contributed by atoms with E-state index in [1.165, 1.54) is 22.4 Å². The highest BCUT2D eigenvalue weighted by Crippen LogP contribution is 2.24. The number of hydrogen-bond donors (Lipinski definition) is 2. The lowest BCUT2D eigenvalue weighted by molar-refractivity contribution is 1.04. The van der Waals surface area contributed by atoms with Crippen molar-refractivity contribution in [3.05, 3.63) is 41.0 Å². The highest BCUT2D eigenvalue weighted by molar-refractivity contribution is 7.80. The number of benzene rings is 1. The van der Waals surface area contributed by atoms with E-state index in [1.54, 1.807) is 0 Å². The van der Waals surface area contributed by atoms with Crippen molar-refractivity contribution in [2.75, 3.05) is 11.9 Å². The minimum atomic E-state index is 0.686. The average Bonchev–Trinajstić information content (AvgIpc) is 2.40. The smallest absolute Gasteiger partial charge is 0.171 e. The van der Waals surface area contributed by atoms with Gasteiger partial charge in [0.2, 0.25) is 0 Å². The molecule has 0 aromatic heterocycles. The Morgan fingerprint density at radius 2 is 1.79 bits per heavy atom. The Labute approximate surface area is 122 Å². The zero-order chi connectivity index (χ0) is 14.3. The molecule has 0 atom stereocenters. The Hall–Kier alpha value is -1.35. The van der Waals surface area contributed by atoms with Crippen LogP contribution in [0.25, 0.3) is 0 Å². The van der Waals surface area contributed by atoms with Crippen LogP contribution in [0.2, 0.25) is 0 Å². The maximum Gasteiger partial charge on any atom is 0.171 e. The molecule has 0 aliphatic heterocycles. The van der Waals surface area contributed by atoms with E-state index in [0.29, 0.717) is 5.11 Å². The summed E-state index contributed by atoms with van der Waals surface area (Å²) in [6, 6.07) is 4.46. The van der Waals surface area contributed by atoms with Gasteiger partial charge in [-0.25, -0.2) is 0 Å². The summed E-state index contributed by atoms with van der Waals surface area (Å²) in [5, 5.41) is 7.22. The van der Waals surface area contributed by atoms with Crippen LogP contribution in [0.5, 0.6) is 0 Å². The van der Waals surface area contributed by atoms with Gasteiger partial charge in [0, 0.05) is 12.2 Å². The van der Waals surface area contributed by atoms with Crippen LogP contribution in [0.3, 0.4) is 0 Å². The van der Waals surface area contributed by atoms with Crippen molar-refractivity contribution >= 4 is 23.0 Å². The molecular formula is C16H24N2S. The van der Waals surface area contributed by atoms with E-state index in [-0.39, 0.29) is 0 Å². The monoisotopic (exact) mass is 276 g/mol. The summed E-state index contributed by atoms with van der Waals surface area (Å²) in [5.74, 6) is 0. The normalized spacial score (nSPS) is 10.7. The molecule has 0 saturated heterocycles. The van der Waals surface area contributed by atoms with Crippen LogP contribution in [0.1, 0.15) is 37.5 Å². The number of allylic oxidation sites excluding steroid dienone is 1. The van der Waals surface area contributed by atoms with E-state index >= 15 is 0 Å². The molecule has 0 aliphatic rings. The van der Waals surface area contributed by atoms with E-state index in [4.69, 9.17) is 12.2 Å². The third-order valence-electron chi connectivity index (χ3n) is 3.06. The molecule has 1 rings (SSSR count). The van der Waals surface area contributed by atoms with Crippen LogP contribution in [0, 0.1) is 6.92 Å². The van der Waals surface area contributed by atoms with E-state index in [0.717, 1.165) is 19.4 Å². The quantitative estimate of drug-likeness (QED) is 0.628. The van der Waals surface area contributed by atoms with Gasteiger partial charge in [0.15, 0.2) is 5.11 Å². The van der Waals surface area contributed by atoms with E-state index in [9.17, 15) is 0 Å². The summed E-state index contributed by atoms with van der Waals surface area (Å²) >= 11 is 5.34. The Kier molecular flexibility index (Phi) is 6.57. The Morgan fingerprint density at radius 1 is 1.21 bits per heavy atom. The lowest BCUT2D eigenvalue weighted by Crippen LogP contribution is -2.29. The number of hydrogen-bond acceptors (Lipinski definition) is 1. The molecule has 1 aromatic carbocycles. The number of rotatable bonds is 5. The first kappa shape index (κ1) is 15.7. The highest BCUT2D eigenvalue weighted by Gasteiger charge is 2.08. The van der Waals surface area contributed by atoms with Crippen LogP contribution >= 0.6 is 12.2 Å². The second kappa shape index (κ2) is 7.95. The van der Waals surface area contributed by atoms with Gasteiger partial charge in [-0.2, -0.15) is 0 Å². The summed E-state index contributed by atoms with van der Waals surface area (Å²) in [4.78, 5) is 0. The lowest BCUT2D eigenvalue weighted by Gasteiger charge is -2.17. The molecule has 19 heavy (non-hydrogen) atoms. The first-order valence-corrected chi connectivity index (χ1v) is 7.31. The molecule has 0 aliphatic carbocycles. The summed E-state index contributed by atoms with van der Waals surface area (Å²) in [5.41, 5.74) is 5.14. The summed E-state index contributed by atoms with van der Waals surface area (Å²) in [7, 11) is 0. The fraction of sp³-hybridized carbons (Fsp3) is 0.438. The van der Waals surface area contributed by atoms with E-state index in [1.807, 2.05) is 19.1 Å². The topological polar surface area (TPSA) is 24.1 Å². The van der Waals surface area contributed by atoms with Gasteiger partial charge >= 0.3 is 0 Å². The lowest BCUT2D eigenvalue weighted by atomic mass is 10.00. The molecule has 0 fully saturated rings. The third kappa shape index (κ3) is 4.67. The van der Waals surface area contributed by atoms with Gasteiger partial charge in [-0.3, -0.25) is 0 Å². The van der Waals surface area contributed by atoms with Crippen molar-refractivity contribution < 1.29 is 0 Å². The van der Waals surface area contributed by atoms with Crippen LogP contribution in [-0.4, -0.2) is 11.7 Å². The zero-order valence-electron chi connectivity index (χ0n) is 12.3. The predicted octanol–water partition coefficient (Wildman–Crippen LogP) is 3.98. The van der Waals surface area contributed by atoms with Gasteiger partial charge in [0.25, 0.3) is 0 Å². The van der Waals surface area contributed by atoms with Crippen LogP contribution in [0.15, 0.2) is 24.3 Å². The maximum absolute atomic E-state index is 5.34. The van der Waals surface area contributed by atoms with Gasteiger partial charge in [-0.05, 0) is 50.0 Å². The second-order valence-electron chi connectivity index (χ2n) is 4.57. The number of aryl methyl sites for hydroxylation is 3. The molecule has 0 amide bonds. The van der Waals surface area contributed by atoms with Crippen LogP contribution < -0.4 is 10.6 Å². The molecule has 0 saturated carbocycles. The second-order valence-corrected chi connectivity index (χ2v) is 4.98. The van der Waals surface area contributed by atoms with Crippen molar-refractivity contribution in [1.82, 2.24) is 5.32 Å². The van der Waals surface area contributed by atoms with Crippen molar-refractivity contribution in [3.8, 4) is 0 Å². The Bertz CT molecular complexity index is 439. The maximum atomic E-state index is 5.34. The van der Waals surface area contributed by atoms with Gasteiger partial charge in [0.05, 0.1) is 0 Å². The average molecular weight is 276 g/mol. The Balaban J connectivity index is 2.89. The van der Waals surface area contributed by atoms with E-state index in [2.05, 4.69) is 43.5 Å². The summed E-state index contributed by atoms with van der Waals surface area (Å²) in [6.45, 7) is 9.26. The van der Waals surface area contributed by atoms with Crippen molar-refractivity contribution in [2.45, 2.75) is 40.5 Å². The molecular weight excluding hydrogens is 252 g/mol. The SMILES string of the molecule is CC=CCNC(=S)Nc1c(CC)cc(C)cc1CC. The molecule has 0 spiro atoms. The summed E-state index contributed by atoms with van der Waals surface area (Å²) < 4.78 is 0. The standard InChI is InChI=1S/C16H24N2S/c1-5-8-9-17-16(19)18-15-13(6-2)10-12(4)11-14(15)7-3/h5,8,10-11H,6-7,9H2,1-4H3,(H2,17,18,19). The molecule has 0 unspecified atom stereocenters. The van der Waals surface area contributed by atoms with E-state index < -0.39 is 0 Å². The minimum Gasteiger partial charge on any atom is -0.359 e. The fourth-order valence-electron chi connectivity index (χ4n) is 2.09. The Morgan fingerprint density at radius 3 is 2.26 bits per heavy atom. The molecule has 2 N–H and O–H groups in total. The molecule has 2 nitrogen and oxygen atoms in total. The fourth-order valence-corrected chi connectivity index (χ4v) is 2.27. The molecule has 0 bridgehead atoms. The third-order valence-corrected chi connectivity index (χ3v) is 3.31. The van der Waals surface area contributed by atoms with Gasteiger partial charge in [0.1, 0.15) is 0 Å². The molecule has 0 radical (unpaired) electrons. The number of nitrogens with one attached hydrogen (secondary N) is 2. The van der Waals surface area contributed by atoms with Crippen LogP contribution in [0.4, 0.5) is 5.69 Å². The predicted molar refractivity (Wildman–Crippen MR) is 89.0 cm³/mol. The number of anilines is 1. The first-order chi connectivity index (χ1) is 9.12. The minimum absolute atomic E-state index is 0.686. The molecule has 0 heterocycles. The zero-order valence-corrected chi connectivity index (χ0v) is 13.2. The van der Waals surface area contributed by atoms with Gasteiger partial charge < -0.3 is 10.6 Å². The van der Waals surface area contributed by atoms with Crippen molar-refractivity contribution in [1.29, 1.82) is 0 Å². The van der Waals surface area contributed by atoms with Crippen molar-refractivity contribution in [3.63, 3.8) is 0 Å². The molecule has 1 aromatic rings. The van der Waals surface area contributed by atoms with Gasteiger partial charge in [-0.1, -0.05) is 43.7 Å². The molecule has 3 heteroatoms. The highest BCUT2D eigenvalue weighted by atomic mass is 32.1. The number of thiocarbonyl (C=S) groups is 1. The summed E-state index contributed by atoms with van der Waals surface area (Å²) in [6.07, 6.45) is 6.07. The largest absolute Gasteiger partial charge is 0.359 e.